The zero-order valence-electron chi connectivity index (χ0n) is 16.8. The van der Waals surface area contributed by atoms with Crippen LogP contribution in [0.3, 0.4) is 0 Å². The predicted octanol–water partition coefficient (Wildman–Crippen LogP) is 5.42. The molecule has 30 heavy (non-hydrogen) atoms. The molecule has 0 spiro atoms. The lowest BCUT2D eigenvalue weighted by Gasteiger charge is -2.12. The lowest BCUT2D eigenvalue weighted by atomic mass is 10.2. The number of carbonyl (C=O) groups excluding carboxylic acids is 1. The van der Waals surface area contributed by atoms with E-state index in [4.69, 9.17) is 0 Å². The number of benzene rings is 2. The first-order chi connectivity index (χ1) is 14.6. The van der Waals surface area contributed by atoms with Gasteiger partial charge in [-0.2, -0.15) is 5.10 Å². The molecule has 0 aliphatic rings. The van der Waals surface area contributed by atoms with Crippen LogP contribution in [0.2, 0.25) is 0 Å². The Labute approximate surface area is 179 Å². The van der Waals surface area contributed by atoms with E-state index in [0.717, 1.165) is 32.1 Å². The van der Waals surface area contributed by atoms with E-state index in [-0.39, 0.29) is 11.9 Å². The Bertz CT molecular complexity index is 1200. The van der Waals surface area contributed by atoms with Crippen LogP contribution in [-0.4, -0.2) is 27.1 Å². The number of hydrogen-bond acceptors (Lipinski definition) is 4. The third-order valence-corrected chi connectivity index (χ3v) is 5.51. The third kappa shape index (κ3) is 4.60. The lowest BCUT2D eigenvalue weighted by Crippen LogP contribution is -2.30. The molecule has 0 atom stereocenters. The number of carbonyl (C=O) groups is 1. The number of nitrogens with one attached hydrogen (secondary N) is 2. The topological polar surface area (TPSA) is 70.7 Å². The molecule has 4 aromatic rings. The number of rotatable bonds is 6. The van der Waals surface area contributed by atoms with Crippen LogP contribution in [0.4, 0.5) is 0 Å². The van der Waals surface area contributed by atoms with Crippen LogP contribution in [-0.2, 0) is 0 Å². The summed E-state index contributed by atoms with van der Waals surface area (Å²) in [4.78, 5) is 18.8. The average molecular weight is 415 g/mol. The van der Waals surface area contributed by atoms with Crippen molar-refractivity contribution < 1.29 is 4.79 Å². The Balaban J connectivity index is 1.57. The molecule has 0 aliphatic heterocycles. The van der Waals surface area contributed by atoms with Gasteiger partial charge in [0.15, 0.2) is 0 Å². The monoisotopic (exact) mass is 414 g/mol. The molecule has 4 rings (SSSR count). The maximum atomic E-state index is 12.5. The summed E-state index contributed by atoms with van der Waals surface area (Å²) in [6.07, 6.45) is 5.67. The van der Waals surface area contributed by atoms with Crippen molar-refractivity contribution >= 4 is 40.7 Å². The van der Waals surface area contributed by atoms with Crippen molar-refractivity contribution in [3.8, 4) is 0 Å². The first-order valence-corrected chi connectivity index (χ1v) is 10.6. The molecule has 0 aliphatic carbocycles. The van der Waals surface area contributed by atoms with Crippen molar-refractivity contribution in [3.63, 3.8) is 0 Å². The van der Waals surface area contributed by atoms with Gasteiger partial charge < -0.3 is 5.32 Å². The van der Waals surface area contributed by atoms with Gasteiger partial charge in [0.2, 0.25) is 0 Å². The molecule has 150 valence electrons. The normalized spacial score (nSPS) is 11.4. The Morgan fingerprint density at radius 1 is 1.07 bits per heavy atom. The number of aromatic nitrogens is 3. The van der Waals surface area contributed by atoms with Gasteiger partial charge in [-0.3, -0.25) is 14.9 Å². The summed E-state index contributed by atoms with van der Waals surface area (Å²) in [6, 6.07) is 19.7. The molecule has 2 aromatic carbocycles. The van der Waals surface area contributed by atoms with E-state index in [1.165, 1.54) is 0 Å². The number of H-pyrrole nitrogens is 1. The van der Waals surface area contributed by atoms with Crippen LogP contribution in [0.25, 0.3) is 23.1 Å². The number of hydrogen-bond donors (Lipinski definition) is 2. The molecular weight excluding hydrogens is 392 g/mol. The van der Waals surface area contributed by atoms with Gasteiger partial charge in [-0.1, -0.05) is 30.0 Å². The minimum atomic E-state index is -0.0577. The molecular formula is C24H22N4OS. The van der Waals surface area contributed by atoms with Crippen LogP contribution < -0.4 is 5.32 Å². The van der Waals surface area contributed by atoms with Crippen molar-refractivity contribution in [1.29, 1.82) is 0 Å². The van der Waals surface area contributed by atoms with E-state index in [0.29, 0.717) is 5.56 Å². The van der Waals surface area contributed by atoms with E-state index in [2.05, 4.69) is 38.7 Å². The molecule has 2 N–H and O–H groups in total. The SMILES string of the molecule is CC(C)NC(=O)c1ccccc1Sc1ccc2c(C=Cc3ccccn3)n[nH]c2c1. The number of pyridine rings is 1. The fraction of sp³-hybridized carbons (Fsp3) is 0.125. The highest BCUT2D eigenvalue weighted by atomic mass is 32.2. The Morgan fingerprint density at radius 3 is 2.70 bits per heavy atom. The smallest absolute Gasteiger partial charge is 0.252 e. The quantitative estimate of drug-likeness (QED) is 0.442. The van der Waals surface area contributed by atoms with E-state index in [1.54, 1.807) is 18.0 Å². The Hall–Kier alpha value is -3.38. The van der Waals surface area contributed by atoms with Crippen LogP contribution >= 0.6 is 11.8 Å². The van der Waals surface area contributed by atoms with Crippen LogP contribution in [0.1, 0.15) is 35.6 Å². The van der Waals surface area contributed by atoms with Crippen LogP contribution in [0, 0.1) is 0 Å². The molecule has 0 unspecified atom stereocenters. The molecule has 2 heterocycles. The summed E-state index contributed by atoms with van der Waals surface area (Å²) >= 11 is 1.57. The van der Waals surface area contributed by atoms with Gasteiger partial charge in [0.1, 0.15) is 0 Å². The molecule has 0 saturated heterocycles. The lowest BCUT2D eigenvalue weighted by molar-refractivity contribution is 0.0940. The van der Waals surface area contributed by atoms with Crippen molar-refractivity contribution in [2.24, 2.45) is 0 Å². The molecule has 0 fully saturated rings. The predicted molar refractivity (Wildman–Crippen MR) is 122 cm³/mol. The van der Waals surface area contributed by atoms with Crippen LogP contribution in [0.15, 0.2) is 76.7 Å². The Morgan fingerprint density at radius 2 is 1.90 bits per heavy atom. The number of nitrogens with zero attached hydrogens (tertiary/aromatic N) is 2. The zero-order valence-corrected chi connectivity index (χ0v) is 17.6. The zero-order chi connectivity index (χ0) is 20.9. The van der Waals surface area contributed by atoms with Gasteiger partial charge in [-0.05, 0) is 68.5 Å². The van der Waals surface area contributed by atoms with Crippen molar-refractivity contribution in [3.05, 3.63) is 83.8 Å². The van der Waals surface area contributed by atoms with Gasteiger partial charge in [0.25, 0.3) is 5.91 Å². The summed E-state index contributed by atoms with van der Waals surface area (Å²) in [7, 11) is 0. The standard InChI is InChI=1S/C24H22N4OS/c1-16(2)26-24(29)20-8-3-4-9-23(20)30-18-11-12-19-21(27-28-22(19)15-18)13-10-17-7-5-6-14-25-17/h3-16H,1-2H3,(H,26,29)(H,27,28). The summed E-state index contributed by atoms with van der Waals surface area (Å²) in [5, 5.41) is 11.5. The summed E-state index contributed by atoms with van der Waals surface area (Å²) in [5.41, 5.74) is 3.38. The minimum Gasteiger partial charge on any atom is -0.350 e. The molecule has 0 radical (unpaired) electrons. The number of aromatic amines is 1. The average Bonchev–Trinajstić information content (AvgIpc) is 3.15. The van der Waals surface area contributed by atoms with E-state index >= 15 is 0 Å². The van der Waals surface area contributed by atoms with Crippen molar-refractivity contribution in [2.45, 2.75) is 29.7 Å². The van der Waals surface area contributed by atoms with Crippen molar-refractivity contribution in [1.82, 2.24) is 20.5 Å². The first kappa shape index (κ1) is 19.9. The molecule has 2 aromatic heterocycles. The second-order valence-electron chi connectivity index (χ2n) is 7.13. The van der Waals surface area contributed by atoms with Gasteiger partial charge in [0.05, 0.1) is 22.5 Å². The van der Waals surface area contributed by atoms with E-state index in [9.17, 15) is 4.79 Å². The van der Waals surface area contributed by atoms with Gasteiger partial charge in [0, 0.05) is 27.4 Å². The largest absolute Gasteiger partial charge is 0.350 e. The maximum Gasteiger partial charge on any atom is 0.252 e. The van der Waals surface area contributed by atoms with Crippen LogP contribution in [0.5, 0.6) is 0 Å². The first-order valence-electron chi connectivity index (χ1n) is 9.75. The molecule has 0 saturated carbocycles. The second kappa shape index (κ2) is 8.97. The summed E-state index contributed by atoms with van der Waals surface area (Å²) < 4.78 is 0. The van der Waals surface area contributed by atoms with Gasteiger partial charge >= 0.3 is 0 Å². The summed E-state index contributed by atoms with van der Waals surface area (Å²) in [6.45, 7) is 3.92. The second-order valence-corrected chi connectivity index (χ2v) is 8.25. The minimum absolute atomic E-state index is 0.0577. The van der Waals surface area contributed by atoms with E-state index in [1.807, 2.05) is 68.5 Å². The fourth-order valence-electron chi connectivity index (χ4n) is 3.06. The highest BCUT2D eigenvalue weighted by Gasteiger charge is 2.13. The molecule has 6 heteroatoms. The molecule has 1 amide bonds. The van der Waals surface area contributed by atoms with Crippen molar-refractivity contribution in [2.75, 3.05) is 0 Å². The number of amides is 1. The van der Waals surface area contributed by atoms with E-state index < -0.39 is 0 Å². The van der Waals surface area contributed by atoms with Gasteiger partial charge in [-0.15, -0.1) is 0 Å². The van der Waals surface area contributed by atoms with Gasteiger partial charge in [-0.25, -0.2) is 0 Å². The summed E-state index contributed by atoms with van der Waals surface area (Å²) in [5.74, 6) is -0.0577. The number of fused-ring (bicyclic) bond motifs is 1. The fourth-order valence-corrected chi connectivity index (χ4v) is 4.04. The maximum absolute atomic E-state index is 12.5. The molecule has 5 nitrogen and oxygen atoms in total. The third-order valence-electron chi connectivity index (χ3n) is 4.44. The Kier molecular flexibility index (Phi) is 5.95. The highest BCUT2D eigenvalue weighted by molar-refractivity contribution is 7.99. The molecule has 0 bridgehead atoms. The highest BCUT2D eigenvalue weighted by Crippen LogP contribution is 2.33.